The van der Waals surface area contributed by atoms with Gasteiger partial charge in [-0.25, -0.2) is 5.84 Å². The monoisotopic (exact) mass is 304 g/mol. The molecule has 0 aliphatic carbocycles. The molecule has 1 aromatic rings. The van der Waals surface area contributed by atoms with E-state index in [0.29, 0.717) is 0 Å². The number of hydrogen-bond acceptors (Lipinski definition) is 2. The Morgan fingerprint density at radius 1 is 0.909 bits per heavy atom. The highest BCUT2D eigenvalue weighted by Crippen LogP contribution is 2.23. The molecule has 0 fully saturated rings. The van der Waals surface area contributed by atoms with Crippen LogP contribution < -0.4 is 11.3 Å². The number of benzene rings is 1. The molecule has 0 aliphatic rings. The molecule has 0 aliphatic heterocycles. The van der Waals surface area contributed by atoms with Crippen molar-refractivity contribution in [3.05, 3.63) is 34.4 Å². The van der Waals surface area contributed by atoms with Gasteiger partial charge < -0.3 is 0 Å². The van der Waals surface area contributed by atoms with Crippen molar-refractivity contribution in [3.8, 4) is 0 Å². The molecule has 1 rings (SSSR count). The second-order valence-electron chi connectivity index (χ2n) is 6.07. The SMILES string of the molecule is CCCCc1cc(CCCC)c(C(=O)NN)c(CCCC)c1. The molecule has 0 saturated heterocycles. The number of hydrazine groups is 1. The molecule has 0 aromatic heterocycles. The Morgan fingerprint density at radius 3 is 1.77 bits per heavy atom. The van der Waals surface area contributed by atoms with Crippen molar-refractivity contribution < 1.29 is 4.79 Å². The number of unbranched alkanes of at least 4 members (excludes halogenated alkanes) is 3. The Hall–Kier alpha value is -1.35. The lowest BCUT2D eigenvalue weighted by Crippen LogP contribution is -2.32. The van der Waals surface area contributed by atoms with Gasteiger partial charge in [0.25, 0.3) is 5.91 Å². The summed E-state index contributed by atoms with van der Waals surface area (Å²) in [6, 6.07) is 4.46. The van der Waals surface area contributed by atoms with Crippen LogP contribution in [-0.4, -0.2) is 5.91 Å². The number of aryl methyl sites for hydroxylation is 3. The highest BCUT2D eigenvalue weighted by molar-refractivity contribution is 5.97. The zero-order valence-electron chi connectivity index (χ0n) is 14.5. The minimum absolute atomic E-state index is 0.140. The Kier molecular flexibility index (Phi) is 8.83. The van der Waals surface area contributed by atoms with Crippen LogP contribution in [0.25, 0.3) is 0 Å². The molecule has 22 heavy (non-hydrogen) atoms. The molecular weight excluding hydrogens is 272 g/mol. The van der Waals surface area contributed by atoms with Gasteiger partial charge in [-0.1, -0.05) is 52.2 Å². The second kappa shape index (κ2) is 10.4. The first-order valence-corrected chi connectivity index (χ1v) is 8.83. The predicted octanol–water partition coefficient (Wildman–Crippen LogP) is 4.32. The van der Waals surface area contributed by atoms with Gasteiger partial charge in [0.1, 0.15) is 0 Å². The van der Waals surface area contributed by atoms with Crippen molar-refractivity contribution >= 4 is 5.91 Å². The van der Waals surface area contributed by atoms with Gasteiger partial charge in [-0.05, 0) is 55.2 Å². The molecule has 0 unspecified atom stereocenters. The maximum Gasteiger partial charge on any atom is 0.265 e. The number of hydrogen-bond donors (Lipinski definition) is 2. The third-order valence-corrected chi connectivity index (χ3v) is 4.14. The average molecular weight is 304 g/mol. The first-order chi connectivity index (χ1) is 10.7. The minimum Gasteiger partial charge on any atom is -0.290 e. The molecule has 3 nitrogen and oxygen atoms in total. The Labute approximate surface area is 135 Å². The lowest BCUT2D eigenvalue weighted by molar-refractivity contribution is 0.0951. The molecule has 1 amide bonds. The van der Waals surface area contributed by atoms with E-state index in [1.54, 1.807) is 0 Å². The van der Waals surface area contributed by atoms with Gasteiger partial charge in [0.2, 0.25) is 0 Å². The first-order valence-electron chi connectivity index (χ1n) is 8.83. The lowest BCUT2D eigenvalue weighted by atomic mass is 9.90. The number of nitrogens with two attached hydrogens (primary N) is 1. The van der Waals surface area contributed by atoms with Crippen molar-refractivity contribution in [1.82, 2.24) is 5.43 Å². The van der Waals surface area contributed by atoms with E-state index in [4.69, 9.17) is 5.84 Å². The average Bonchev–Trinajstić information content (AvgIpc) is 2.55. The molecule has 0 heterocycles. The van der Waals surface area contributed by atoms with Gasteiger partial charge >= 0.3 is 0 Å². The number of carbonyl (C=O) groups excluding carboxylic acids is 1. The molecule has 3 N–H and O–H groups in total. The molecule has 0 spiro atoms. The van der Waals surface area contributed by atoms with Crippen molar-refractivity contribution in [3.63, 3.8) is 0 Å². The quantitative estimate of drug-likeness (QED) is 0.384. The van der Waals surface area contributed by atoms with Crippen LogP contribution >= 0.6 is 0 Å². The summed E-state index contributed by atoms with van der Waals surface area (Å²) in [6.07, 6.45) is 9.88. The van der Waals surface area contributed by atoms with Gasteiger partial charge in [0, 0.05) is 5.56 Å². The van der Waals surface area contributed by atoms with E-state index < -0.39 is 0 Å². The van der Waals surface area contributed by atoms with E-state index >= 15 is 0 Å². The van der Waals surface area contributed by atoms with Crippen LogP contribution in [0.4, 0.5) is 0 Å². The van der Waals surface area contributed by atoms with Gasteiger partial charge in [0.05, 0.1) is 0 Å². The fourth-order valence-electron chi connectivity index (χ4n) is 2.86. The van der Waals surface area contributed by atoms with Crippen LogP contribution in [0, 0.1) is 0 Å². The summed E-state index contributed by atoms with van der Waals surface area (Å²) in [5, 5.41) is 0. The van der Waals surface area contributed by atoms with Crippen molar-refractivity contribution in [1.29, 1.82) is 0 Å². The largest absolute Gasteiger partial charge is 0.290 e. The number of carbonyl (C=O) groups is 1. The Morgan fingerprint density at radius 2 is 1.36 bits per heavy atom. The molecule has 3 heteroatoms. The topological polar surface area (TPSA) is 55.1 Å². The molecule has 124 valence electrons. The van der Waals surface area contributed by atoms with E-state index in [1.807, 2.05) is 0 Å². The summed E-state index contributed by atoms with van der Waals surface area (Å²) in [5.74, 6) is 5.28. The number of rotatable bonds is 10. The number of nitrogen functional groups attached to an aromatic ring is 1. The van der Waals surface area contributed by atoms with Crippen LogP contribution in [0.15, 0.2) is 12.1 Å². The minimum atomic E-state index is -0.140. The molecule has 0 radical (unpaired) electrons. The van der Waals surface area contributed by atoms with Crippen molar-refractivity contribution in [2.24, 2.45) is 5.84 Å². The third-order valence-electron chi connectivity index (χ3n) is 4.14. The van der Waals surface area contributed by atoms with E-state index in [1.165, 1.54) is 29.5 Å². The van der Waals surface area contributed by atoms with Gasteiger partial charge in [-0.15, -0.1) is 0 Å². The summed E-state index contributed by atoms with van der Waals surface area (Å²) < 4.78 is 0. The second-order valence-corrected chi connectivity index (χ2v) is 6.07. The molecule has 0 atom stereocenters. The smallest absolute Gasteiger partial charge is 0.265 e. The predicted molar refractivity (Wildman–Crippen MR) is 93.9 cm³/mol. The molecule has 0 bridgehead atoms. The summed E-state index contributed by atoms with van der Waals surface area (Å²) in [7, 11) is 0. The van der Waals surface area contributed by atoms with Gasteiger partial charge in [-0.3, -0.25) is 10.2 Å². The zero-order chi connectivity index (χ0) is 16.4. The van der Waals surface area contributed by atoms with E-state index in [9.17, 15) is 4.79 Å². The highest BCUT2D eigenvalue weighted by atomic mass is 16.2. The zero-order valence-corrected chi connectivity index (χ0v) is 14.5. The van der Waals surface area contributed by atoms with Gasteiger partial charge in [-0.2, -0.15) is 0 Å². The van der Waals surface area contributed by atoms with Crippen LogP contribution in [-0.2, 0) is 19.3 Å². The van der Waals surface area contributed by atoms with Crippen LogP contribution in [0.3, 0.4) is 0 Å². The van der Waals surface area contributed by atoms with Crippen LogP contribution in [0.1, 0.15) is 86.3 Å². The molecule has 1 aromatic carbocycles. The summed E-state index contributed by atoms with van der Waals surface area (Å²) >= 11 is 0. The number of nitrogens with one attached hydrogen (secondary N) is 1. The van der Waals surface area contributed by atoms with E-state index in [0.717, 1.165) is 50.5 Å². The van der Waals surface area contributed by atoms with Crippen molar-refractivity contribution in [2.45, 2.75) is 78.6 Å². The highest BCUT2D eigenvalue weighted by Gasteiger charge is 2.16. The lowest BCUT2D eigenvalue weighted by Gasteiger charge is -2.16. The van der Waals surface area contributed by atoms with E-state index in [2.05, 4.69) is 38.3 Å². The van der Waals surface area contributed by atoms with Crippen LogP contribution in [0.2, 0.25) is 0 Å². The Balaban J connectivity index is 3.22. The maximum absolute atomic E-state index is 12.3. The summed E-state index contributed by atoms with van der Waals surface area (Å²) in [6.45, 7) is 6.58. The van der Waals surface area contributed by atoms with Crippen LogP contribution in [0.5, 0.6) is 0 Å². The molecular formula is C19H32N2O. The molecule has 0 saturated carbocycles. The summed E-state index contributed by atoms with van der Waals surface area (Å²) in [5.41, 5.74) is 6.87. The number of amides is 1. The summed E-state index contributed by atoms with van der Waals surface area (Å²) in [4.78, 5) is 12.3. The standard InChI is InChI=1S/C19H32N2O/c1-4-7-10-15-13-16(11-8-5-2)18(19(22)21-20)17(14-15)12-9-6-3/h13-14H,4-12,20H2,1-3H3,(H,21,22). The fourth-order valence-corrected chi connectivity index (χ4v) is 2.86. The first kappa shape index (κ1) is 18.7. The normalized spacial score (nSPS) is 10.7. The third kappa shape index (κ3) is 5.45. The fraction of sp³-hybridized carbons (Fsp3) is 0.632. The maximum atomic E-state index is 12.3. The van der Waals surface area contributed by atoms with Gasteiger partial charge in [0.15, 0.2) is 0 Å². The van der Waals surface area contributed by atoms with E-state index in [-0.39, 0.29) is 5.91 Å². The Bertz CT molecular complexity index is 439. The van der Waals surface area contributed by atoms with Crippen molar-refractivity contribution in [2.75, 3.05) is 0 Å².